The normalized spacial score (nSPS) is 14.3. The van der Waals surface area contributed by atoms with E-state index in [4.69, 9.17) is 37.8 Å². The standard InChI is InChI=1S/C26H31ClN4O2.C22H23ClN4O2.ClH/c1-19(2)15-29-11-12-30(26(32)17-29)25-13-20(3)31(28-25)16-22-14-23(27)9-10-24(22)33-18-21-7-5-4-6-8-21;1-16-11-21(26-10-9-24-13-22(26)28)25-27(16)14-18-12-19(23)7-8-20(18)29-15-17-5-3-2-4-6-17;/h4-10,13-14,19H,11-12,15-18H2,1-3H3;2-8,11-12,24H,9-10,13-15H2,1H3;1H. The van der Waals surface area contributed by atoms with Gasteiger partial charge in [-0.1, -0.05) is 97.7 Å². The Morgan fingerprint density at radius 3 is 1.60 bits per heavy atom. The fraction of sp³-hybridized carbons (Fsp3) is 0.333. The number of ether oxygens (including phenoxy) is 2. The van der Waals surface area contributed by atoms with E-state index in [0.29, 0.717) is 80.1 Å². The van der Waals surface area contributed by atoms with Crippen LogP contribution in [0.25, 0.3) is 0 Å². The topological polar surface area (TPSA) is 110 Å². The molecular weight excluding hydrogens is 859 g/mol. The number of nitrogens with one attached hydrogen (secondary N) is 1. The van der Waals surface area contributed by atoms with Crippen molar-refractivity contribution in [1.29, 1.82) is 0 Å². The minimum Gasteiger partial charge on any atom is -0.489 e. The Balaban J connectivity index is 0.000000208. The molecule has 0 atom stereocenters. The summed E-state index contributed by atoms with van der Waals surface area (Å²) < 4.78 is 15.9. The number of aryl methyl sites for hydroxylation is 2. The SMILES string of the molecule is Cc1cc(N2CCN(CC(C)C)CC2=O)nn1Cc1cc(Cl)ccc1OCc1ccccc1.Cc1cc(N2CCNCC2=O)nn1Cc1cc(Cl)ccc1OCc1ccccc1.Cl. The number of hydrogen-bond donors (Lipinski definition) is 1. The summed E-state index contributed by atoms with van der Waals surface area (Å²) in [6.45, 7) is 15.0. The molecule has 2 aliphatic rings. The summed E-state index contributed by atoms with van der Waals surface area (Å²) in [7, 11) is 0. The van der Waals surface area contributed by atoms with Gasteiger partial charge in [0.25, 0.3) is 0 Å². The number of carbonyl (C=O) groups is 2. The molecule has 2 amide bonds. The van der Waals surface area contributed by atoms with Crippen LogP contribution in [-0.2, 0) is 35.9 Å². The number of benzene rings is 4. The Morgan fingerprint density at radius 1 is 0.651 bits per heavy atom. The number of nitrogens with zero attached hydrogens (tertiary/aromatic N) is 7. The molecule has 2 aliphatic heterocycles. The number of aromatic nitrogens is 4. The fourth-order valence-corrected chi connectivity index (χ4v) is 7.86. The minimum absolute atomic E-state index is 0. The summed E-state index contributed by atoms with van der Waals surface area (Å²) in [6, 6.07) is 35.3. The van der Waals surface area contributed by atoms with Crippen molar-refractivity contribution in [2.45, 2.75) is 54.0 Å². The van der Waals surface area contributed by atoms with Crippen LogP contribution in [-0.4, -0.2) is 82.1 Å². The smallest absolute Gasteiger partial charge is 0.242 e. The monoisotopic (exact) mass is 912 g/mol. The minimum atomic E-state index is 0. The number of piperazine rings is 2. The average Bonchev–Trinajstić information content (AvgIpc) is 3.81. The second kappa shape index (κ2) is 22.3. The van der Waals surface area contributed by atoms with E-state index < -0.39 is 0 Å². The molecule has 2 aromatic heterocycles. The van der Waals surface area contributed by atoms with Crippen LogP contribution in [0.1, 0.15) is 47.5 Å². The second-order valence-electron chi connectivity index (χ2n) is 16.1. The zero-order chi connectivity index (χ0) is 43.6. The molecule has 12 nitrogen and oxygen atoms in total. The molecule has 0 radical (unpaired) electrons. The van der Waals surface area contributed by atoms with E-state index in [0.717, 1.165) is 64.8 Å². The molecule has 0 bridgehead atoms. The van der Waals surface area contributed by atoms with Crippen molar-refractivity contribution in [3.8, 4) is 11.5 Å². The van der Waals surface area contributed by atoms with Crippen molar-refractivity contribution >= 4 is 59.1 Å². The third-order valence-corrected chi connectivity index (χ3v) is 11.1. The number of hydrogen-bond acceptors (Lipinski definition) is 8. The molecule has 0 saturated carbocycles. The zero-order valence-corrected chi connectivity index (χ0v) is 38.5. The highest BCUT2D eigenvalue weighted by Gasteiger charge is 2.28. The third-order valence-electron chi connectivity index (χ3n) is 10.7. The quantitative estimate of drug-likeness (QED) is 0.116. The number of rotatable bonds is 14. The summed E-state index contributed by atoms with van der Waals surface area (Å²) in [6.07, 6.45) is 0. The maximum Gasteiger partial charge on any atom is 0.242 e. The van der Waals surface area contributed by atoms with Gasteiger partial charge in [-0.05, 0) is 67.3 Å². The molecule has 1 N–H and O–H groups in total. The fourth-order valence-electron chi connectivity index (χ4n) is 7.47. The summed E-state index contributed by atoms with van der Waals surface area (Å²) in [5, 5.41) is 13.8. The summed E-state index contributed by atoms with van der Waals surface area (Å²) in [5.74, 6) is 3.61. The molecule has 15 heteroatoms. The first-order valence-corrected chi connectivity index (χ1v) is 21.8. The van der Waals surface area contributed by atoms with E-state index in [9.17, 15) is 9.59 Å². The van der Waals surface area contributed by atoms with E-state index in [2.05, 4.69) is 29.2 Å². The molecule has 6 aromatic rings. The van der Waals surface area contributed by atoms with E-state index >= 15 is 0 Å². The predicted octanol–water partition coefficient (Wildman–Crippen LogP) is 8.61. The van der Waals surface area contributed by atoms with Crippen LogP contribution in [0, 0.1) is 19.8 Å². The first-order valence-electron chi connectivity index (χ1n) is 21.0. The van der Waals surface area contributed by atoms with Crippen molar-refractivity contribution in [1.82, 2.24) is 29.8 Å². The number of amides is 2. The van der Waals surface area contributed by atoms with Crippen molar-refractivity contribution in [2.24, 2.45) is 5.92 Å². The van der Waals surface area contributed by atoms with E-state index in [1.807, 2.05) is 132 Å². The Hall–Kier alpha value is -5.37. The summed E-state index contributed by atoms with van der Waals surface area (Å²) in [5.41, 5.74) is 6.05. The van der Waals surface area contributed by atoms with Gasteiger partial charge in [0.1, 0.15) is 24.7 Å². The highest BCUT2D eigenvalue weighted by Crippen LogP contribution is 2.28. The van der Waals surface area contributed by atoms with Gasteiger partial charge in [0.15, 0.2) is 11.6 Å². The van der Waals surface area contributed by atoms with Crippen molar-refractivity contribution in [3.63, 3.8) is 0 Å². The Morgan fingerprint density at radius 2 is 1.14 bits per heavy atom. The van der Waals surface area contributed by atoms with Gasteiger partial charge in [0.2, 0.25) is 11.8 Å². The van der Waals surface area contributed by atoms with Gasteiger partial charge in [-0.15, -0.1) is 12.4 Å². The Labute approximate surface area is 386 Å². The molecule has 2 saturated heterocycles. The predicted molar refractivity (Wildman–Crippen MR) is 253 cm³/mol. The highest BCUT2D eigenvalue weighted by molar-refractivity contribution is 6.31. The largest absolute Gasteiger partial charge is 0.489 e. The van der Waals surface area contributed by atoms with E-state index in [-0.39, 0.29) is 24.2 Å². The van der Waals surface area contributed by atoms with Crippen LogP contribution < -0.4 is 24.6 Å². The van der Waals surface area contributed by atoms with Crippen LogP contribution in [0.3, 0.4) is 0 Å². The maximum absolute atomic E-state index is 12.8. The molecule has 8 rings (SSSR count). The van der Waals surface area contributed by atoms with Crippen molar-refractivity contribution < 1.29 is 19.1 Å². The van der Waals surface area contributed by atoms with Gasteiger partial charge in [-0.2, -0.15) is 10.2 Å². The van der Waals surface area contributed by atoms with Gasteiger partial charge in [0, 0.05) is 77.4 Å². The molecule has 4 heterocycles. The first-order chi connectivity index (χ1) is 30.0. The Bertz CT molecular complexity index is 2440. The van der Waals surface area contributed by atoms with Crippen LogP contribution in [0.4, 0.5) is 11.6 Å². The number of halogens is 3. The lowest BCUT2D eigenvalue weighted by molar-refractivity contribution is -0.121. The van der Waals surface area contributed by atoms with Crippen LogP contribution >= 0.6 is 35.6 Å². The van der Waals surface area contributed by atoms with Crippen LogP contribution in [0.15, 0.2) is 109 Å². The van der Waals surface area contributed by atoms with Gasteiger partial charge >= 0.3 is 0 Å². The molecule has 63 heavy (non-hydrogen) atoms. The van der Waals surface area contributed by atoms with Crippen molar-refractivity contribution in [2.75, 3.05) is 55.6 Å². The van der Waals surface area contributed by atoms with Gasteiger partial charge < -0.3 is 14.8 Å². The zero-order valence-electron chi connectivity index (χ0n) is 36.2. The summed E-state index contributed by atoms with van der Waals surface area (Å²) >= 11 is 12.5. The van der Waals surface area contributed by atoms with Gasteiger partial charge in [-0.25, -0.2) is 0 Å². The van der Waals surface area contributed by atoms with E-state index in [1.54, 1.807) is 9.80 Å². The van der Waals surface area contributed by atoms with Crippen molar-refractivity contribution in [3.05, 3.63) is 153 Å². The number of carbonyl (C=O) groups excluding carboxylic acids is 2. The van der Waals surface area contributed by atoms with Crippen LogP contribution in [0.2, 0.25) is 10.0 Å². The lowest BCUT2D eigenvalue weighted by Gasteiger charge is -2.33. The lowest BCUT2D eigenvalue weighted by Crippen LogP contribution is -2.51. The maximum atomic E-state index is 12.8. The molecule has 4 aromatic carbocycles. The second-order valence-corrected chi connectivity index (χ2v) is 16.9. The van der Waals surface area contributed by atoms with Gasteiger partial charge in [0.05, 0.1) is 26.2 Å². The van der Waals surface area contributed by atoms with Gasteiger partial charge in [-0.3, -0.25) is 33.7 Å². The Kier molecular flexibility index (Phi) is 16.7. The molecule has 2 fully saturated rings. The molecular formula is C48H55Cl3N8O4. The van der Waals surface area contributed by atoms with Crippen LogP contribution in [0.5, 0.6) is 11.5 Å². The summed E-state index contributed by atoms with van der Waals surface area (Å²) in [4.78, 5) is 30.7. The lowest BCUT2D eigenvalue weighted by atomic mass is 10.2. The average molecular weight is 914 g/mol. The highest BCUT2D eigenvalue weighted by atomic mass is 35.5. The molecule has 0 unspecified atom stereocenters. The van der Waals surface area contributed by atoms with E-state index in [1.165, 1.54) is 0 Å². The molecule has 332 valence electrons. The molecule has 0 spiro atoms. The molecule has 0 aliphatic carbocycles. The number of anilines is 2. The third kappa shape index (κ3) is 12.9. The first kappa shape index (κ1) is 47.1.